The number of aromatic nitrogens is 1. The second-order valence-electron chi connectivity index (χ2n) is 5.69. The number of benzene rings is 2. The van der Waals surface area contributed by atoms with E-state index >= 15 is 0 Å². The number of oxime groups is 1. The van der Waals surface area contributed by atoms with Gasteiger partial charge in [-0.15, -0.1) is 11.3 Å². The van der Waals surface area contributed by atoms with Gasteiger partial charge in [0.15, 0.2) is 5.84 Å². The average molecular weight is 475 g/mol. The van der Waals surface area contributed by atoms with Crippen LogP contribution in [0.5, 0.6) is 0 Å². The van der Waals surface area contributed by atoms with E-state index in [1.165, 1.54) is 11.3 Å². The number of halogens is 5. The fourth-order valence-electron chi connectivity index (χ4n) is 2.22. The third-order valence-electron chi connectivity index (χ3n) is 3.65. The Morgan fingerprint density at radius 3 is 2.53 bits per heavy atom. The quantitative estimate of drug-likeness (QED) is 0.210. The Bertz CT molecular complexity index is 1100. The summed E-state index contributed by atoms with van der Waals surface area (Å²) in [4.78, 5) is 20.7. The highest BCUT2D eigenvalue weighted by molar-refractivity contribution is 7.13. The van der Waals surface area contributed by atoms with Gasteiger partial charge in [0.2, 0.25) is 0 Å². The number of rotatable bonds is 4. The highest BCUT2D eigenvalue weighted by Gasteiger charge is 2.30. The molecule has 0 aliphatic heterocycles. The largest absolute Gasteiger partial charge is 0.439 e. The van der Waals surface area contributed by atoms with Gasteiger partial charge in [-0.1, -0.05) is 52.6 Å². The molecule has 12 heteroatoms. The molecule has 0 radical (unpaired) electrons. The van der Waals surface area contributed by atoms with E-state index < -0.39 is 17.8 Å². The predicted molar refractivity (Wildman–Crippen MR) is 110 cm³/mol. The molecule has 0 fully saturated rings. The van der Waals surface area contributed by atoms with E-state index in [1.807, 2.05) is 0 Å². The highest BCUT2D eigenvalue weighted by atomic mass is 35.5. The summed E-state index contributed by atoms with van der Waals surface area (Å²) in [6, 6.07) is 8.99. The summed E-state index contributed by atoms with van der Waals surface area (Å²) in [6.07, 6.45) is -5.46. The molecule has 0 atom stereocenters. The molecular weight excluding hydrogens is 464 g/mol. The van der Waals surface area contributed by atoms with Crippen LogP contribution in [0.3, 0.4) is 0 Å². The Hall–Kier alpha value is -2.82. The lowest BCUT2D eigenvalue weighted by Crippen LogP contribution is -2.18. The van der Waals surface area contributed by atoms with Crippen molar-refractivity contribution in [2.45, 2.75) is 6.18 Å². The van der Waals surface area contributed by atoms with Gasteiger partial charge in [-0.05, 0) is 18.2 Å². The minimum absolute atomic E-state index is 0.155. The SMILES string of the molecule is N/C(=N/OC(=O)Nc1csc(-c2cccc(Cl)c2Cl)n1)c1ccc(C(F)(F)F)cc1. The van der Waals surface area contributed by atoms with E-state index in [0.717, 1.165) is 24.3 Å². The van der Waals surface area contributed by atoms with E-state index in [4.69, 9.17) is 28.9 Å². The fraction of sp³-hybridized carbons (Fsp3) is 0.0556. The van der Waals surface area contributed by atoms with E-state index in [2.05, 4.69) is 20.3 Å². The normalized spacial score (nSPS) is 12.0. The van der Waals surface area contributed by atoms with Crippen LogP contribution in [0.2, 0.25) is 10.0 Å². The number of amides is 1. The lowest BCUT2D eigenvalue weighted by molar-refractivity contribution is -0.137. The first-order chi connectivity index (χ1) is 14.1. The van der Waals surface area contributed by atoms with Gasteiger partial charge in [-0.2, -0.15) is 13.2 Å². The smallest absolute Gasteiger partial charge is 0.380 e. The number of amidine groups is 1. The number of thiazole rings is 1. The Labute approximate surface area is 182 Å². The molecule has 6 nitrogen and oxygen atoms in total. The molecule has 3 aromatic rings. The van der Waals surface area contributed by atoms with Crippen LogP contribution >= 0.6 is 34.5 Å². The van der Waals surface area contributed by atoms with E-state index in [1.54, 1.807) is 23.6 Å². The molecule has 156 valence electrons. The molecule has 30 heavy (non-hydrogen) atoms. The van der Waals surface area contributed by atoms with Crippen molar-refractivity contribution in [3.8, 4) is 10.6 Å². The van der Waals surface area contributed by atoms with Crippen LogP contribution < -0.4 is 11.1 Å². The maximum absolute atomic E-state index is 12.6. The molecule has 3 rings (SSSR count). The molecule has 0 bridgehead atoms. The van der Waals surface area contributed by atoms with Crippen molar-refractivity contribution < 1.29 is 22.8 Å². The zero-order chi connectivity index (χ0) is 21.9. The lowest BCUT2D eigenvalue weighted by Gasteiger charge is -2.07. The Kier molecular flexibility index (Phi) is 6.49. The monoisotopic (exact) mass is 474 g/mol. The molecule has 1 aromatic heterocycles. The summed E-state index contributed by atoms with van der Waals surface area (Å²) in [6.45, 7) is 0. The first-order valence-corrected chi connectivity index (χ1v) is 9.67. The molecule has 1 heterocycles. The summed E-state index contributed by atoms with van der Waals surface area (Å²) in [5, 5.41) is 8.53. The molecule has 0 spiro atoms. The van der Waals surface area contributed by atoms with Gasteiger partial charge >= 0.3 is 12.3 Å². The zero-order valence-corrected chi connectivity index (χ0v) is 17.0. The van der Waals surface area contributed by atoms with Gasteiger partial charge in [0.25, 0.3) is 0 Å². The van der Waals surface area contributed by atoms with E-state index in [0.29, 0.717) is 20.6 Å². The van der Waals surface area contributed by atoms with Crippen LogP contribution in [-0.4, -0.2) is 16.9 Å². The van der Waals surface area contributed by atoms with Gasteiger partial charge in [-0.3, -0.25) is 10.2 Å². The van der Waals surface area contributed by atoms with Crippen molar-refractivity contribution in [1.82, 2.24) is 4.98 Å². The molecular formula is C18H11Cl2F3N4O2S. The van der Waals surface area contributed by atoms with Crippen LogP contribution in [0.1, 0.15) is 11.1 Å². The first-order valence-electron chi connectivity index (χ1n) is 8.04. The summed E-state index contributed by atoms with van der Waals surface area (Å²) in [5.74, 6) is -0.0945. The summed E-state index contributed by atoms with van der Waals surface area (Å²) in [7, 11) is 0. The minimum atomic E-state index is -4.47. The van der Waals surface area contributed by atoms with E-state index in [-0.39, 0.29) is 17.2 Å². The number of nitrogens with two attached hydrogens (primary N) is 1. The van der Waals surface area contributed by atoms with Crippen LogP contribution in [0.15, 0.2) is 53.0 Å². The maximum atomic E-state index is 12.6. The Morgan fingerprint density at radius 2 is 1.87 bits per heavy atom. The second kappa shape index (κ2) is 8.90. The summed E-state index contributed by atoms with van der Waals surface area (Å²) in [5.41, 5.74) is 5.55. The summed E-state index contributed by atoms with van der Waals surface area (Å²) >= 11 is 13.3. The van der Waals surface area contributed by atoms with Crippen molar-refractivity contribution in [3.63, 3.8) is 0 Å². The number of carbonyl (C=O) groups excluding carboxylic acids is 1. The number of nitrogens with zero attached hydrogens (tertiary/aromatic N) is 2. The fourth-order valence-corrected chi connectivity index (χ4v) is 3.45. The number of anilines is 1. The zero-order valence-electron chi connectivity index (χ0n) is 14.7. The van der Waals surface area contributed by atoms with Crippen molar-refractivity contribution in [1.29, 1.82) is 0 Å². The number of hydrogen-bond donors (Lipinski definition) is 2. The molecule has 0 aliphatic carbocycles. The Morgan fingerprint density at radius 1 is 1.17 bits per heavy atom. The minimum Gasteiger partial charge on any atom is -0.380 e. The van der Waals surface area contributed by atoms with Crippen molar-refractivity contribution in [3.05, 3.63) is 69.0 Å². The lowest BCUT2D eigenvalue weighted by atomic mass is 10.1. The Balaban J connectivity index is 1.63. The molecule has 0 saturated heterocycles. The molecule has 1 amide bonds. The summed E-state index contributed by atoms with van der Waals surface area (Å²) < 4.78 is 37.7. The number of hydrogen-bond acceptors (Lipinski definition) is 5. The van der Waals surface area contributed by atoms with Gasteiger partial charge in [0.05, 0.1) is 15.6 Å². The highest BCUT2D eigenvalue weighted by Crippen LogP contribution is 2.35. The second-order valence-corrected chi connectivity index (χ2v) is 7.34. The van der Waals surface area contributed by atoms with Gasteiger partial charge < -0.3 is 5.73 Å². The standard InChI is InChI=1S/C18H11Cl2F3N4O2S/c19-12-3-1-2-11(14(12)20)16-25-13(8-30-16)26-17(28)29-27-15(24)9-4-6-10(7-5-9)18(21,22)23/h1-8H,(H2,24,27)(H,26,28). The third-order valence-corrected chi connectivity index (χ3v) is 5.35. The van der Waals surface area contributed by atoms with Gasteiger partial charge in [0, 0.05) is 16.5 Å². The van der Waals surface area contributed by atoms with Crippen molar-refractivity contribution in [2.24, 2.45) is 10.9 Å². The first kappa shape index (κ1) is 21.9. The third kappa shape index (κ3) is 5.21. The van der Waals surface area contributed by atoms with Crippen molar-refractivity contribution >= 4 is 52.3 Å². The van der Waals surface area contributed by atoms with Crippen LogP contribution in [0.25, 0.3) is 10.6 Å². The van der Waals surface area contributed by atoms with Crippen LogP contribution in [0.4, 0.5) is 23.8 Å². The van der Waals surface area contributed by atoms with Gasteiger partial charge in [-0.25, -0.2) is 9.78 Å². The van der Waals surface area contributed by atoms with Crippen LogP contribution in [-0.2, 0) is 11.0 Å². The van der Waals surface area contributed by atoms with Crippen LogP contribution in [0, 0.1) is 0 Å². The molecule has 2 aromatic carbocycles. The number of carbonyl (C=O) groups is 1. The molecule has 3 N–H and O–H groups in total. The van der Waals surface area contributed by atoms with E-state index in [9.17, 15) is 18.0 Å². The maximum Gasteiger partial charge on any atom is 0.439 e. The number of nitrogens with one attached hydrogen (secondary N) is 1. The van der Waals surface area contributed by atoms with Gasteiger partial charge in [0.1, 0.15) is 10.8 Å². The number of alkyl halides is 3. The molecule has 0 aliphatic rings. The van der Waals surface area contributed by atoms with Crippen molar-refractivity contribution in [2.75, 3.05) is 5.32 Å². The predicted octanol–water partition coefficient (Wildman–Crippen LogP) is 6.00. The average Bonchev–Trinajstić information content (AvgIpc) is 3.15. The molecule has 0 saturated carbocycles. The topological polar surface area (TPSA) is 89.6 Å². The molecule has 0 unspecified atom stereocenters.